The summed E-state index contributed by atoms with van der Waals surface area (Å²) in [5.74, 6) is 2.28. The molecule has 0 atom stereocenters. The Labute approximate surface area is 199 Å². The van der Waals surface area contributed by atoms with Crippen molar-refractivity contribution in [3.63, 3.8) is 0 Å². The van der Waals surface area contributed by atoms with E-state index in [1.807, 2.05) is 42.7 Å². The number of rotatable bonds is 7. The molecule has 9 heteroatoms. The van der Waals surface area contributed by atoms with Crippen LogP contribution in [0.2, 0.25) is 0 Å². The molecule has 0 amide bonds. The molecule has 0 aliphatic carbocycles. The van der Waals surface area contributed by atoms with E-state index < -0.39 is 0 Å². The lowest BCUT2D eigenvalue weighted by Gasteiger charge is -2.28. The zero-order chi connectivity index (χ0) is 23.3. The SMILES string of the molecule is CCN(CC)c1ncc2cc(-c3ccnc(Nc4ccc(N5CCNCC5)nc4)n3)ccc2n1. The van der Waals surface area contributed by atoms with Crippen LogP contribution in [0.1, 0.15) is 13.8 Å². The van der Waals surface area contributed by atoms with E-state index in [0.717, 1.165) is 78.9 Å². The van der Waals surface area contributed by atoms with Gasteiger partial charge in [-0.2, -0.15) is 0 Å². The van der Waals surface area contributed by atoms with E-state index in [4.69, 9.17) is 9.97 Å². The van der Waals surface area contributed by atoms with Gasteiger partial charge in [-0.1, -0.05) is 6.07 Å². The maximum atomic E-state index is 4.72. The number of hydrogen-bond donors (Lipinski definition) is 2. The van der Waals surface area contributed by atoms with E-state index in [2.05, 4.69) is 55.3 Å². The van der Waals surface area contributed by atoms with Gasteiger partial charge in [-0.05, 0) is 44.2 Å². The first-order chi connectivity index (χ1) is 16.7. The molecular weight excluding hydrogens is 426 g/mol. The summed E-state index contributed by atoms with van der Waals surface area (Å²) in [4.78, 5) is 27.4. The van der Waals surface area contributed by atoms with Gasteiger partial charge in [0.2, 0.25) is 11.9 Å². The molecule has 9 nitrogen and oxygen atoms in total. The van der Waals surface area contributed by atoms with Gasteiger partial charge in [0.15, 0.2) is 0 Å². The Hall–Kier alpha value is -3.85. The number of fused-ring (bicyclic) bond motifs is 1. The molecule has 34 heavy (non-hydrogen) atoms. The van der Waals surface area contributed by atoms with Crippen molar-refractivity contribution >= 4 is 34.3 Å². The first-order valence-corrected chi connectivity index (χ1v) is 11.8. The molecule has 0 bridgehead atoms. The first-order valence-electron chi connectivity index (χ1n) is 11.8. The van der Waals surface area contributed by atoms with Crippen LogP contribution in [-0.4, -0.2) is 64.2 Å². The van der Waals surface area contributed by atoms with Gasteiger partial charge >= 0.3 is 0 Å². The zero-order valence-electron chi connectivity index (χ0n) is 19.6. The fourth-order valence-corrected chi connectivity index (χ4v) is 4.09. The average Bonchev–Trinajstić information content (AvgIpc) is 2.90. The zero-order valence-corrected chi connectivity index (χ0v) is 19.6. The summed E-state index contributed by atoms with van der Waals surface area (Å²) < 4.78 is 0. The van der Waals surface area contributed by atoms with Crippen LogP contribution in [0.5, 0.6) is 0 Å². The van der Waals surface area contributed by atoms with Crippen LogP contribution >= 0.6 is 0 Å². The molecule has 0 radical (unpaired) electrons. The average molecular weight is 456 g/mol. The highest BCUT2D eigenvalue weighted by molar-refractivity contribution is 5.84. The van der Waals surface area contributed by atoms with Crippen LogP contribution in [0.15, 0.2) is 55.0 Å². The van der Waals surface area contributed by atoms with E-state index >= 15 is 0 Å². The summed E-state index contributed by atoms with van der Waals surface area (Å²) in [5.41, 5.74) is 3.59. The number of benzene rings is 1. The second-order valence-corrected chi connectivity index (χ2v) is 8.15. The monoisotopic (exact) mass is 455 g/mol. The maximum absolute atomic E-state index is 4.72. The summed E-state index contributed by atoms with van der Waals surface area (Å²) in [5, 5.41) is 7.61. The van der Waals surface area contributed by atoms with Gasteiger partial charge in [0.05, 0.1) is 23.1 Å². The van der Waals surface area contributed by atoms with Gasteiger partial charge in [0.25, 0.3) is 0 Å². The molecule has 0 saturated carbocycles. The summed E-state index contributed by atoms with van der Waals surface area (Å²) in [7, 11) is 0. The number of hydrogen-bond acceptors (Lipinski definition) is 9. The Balaban J connectivity index is 1.33. The summed E-state index contributed by atoms with van der Waals surface area (Å²) >= 11 is 0. The number of nitrogens with one attached hydrogen (secondary N) is 2. The smallest absolute Gasteiger partial charge is 0.227 e. The van der Waals surface area contributed by atoms with Crippen molar-refractivity contribution in [2.75, 3.05) is 54.4 Å². The molecule has 1 aliphatic rings. The van der Waals surface area contributed by atoms with Crippen LogP contribution in [0.3, 0.4) is 0 Å². The summed E-state index contributed by atoms with van der Waals surface area (Å²) in [6.07, 6.45) is 5.47. The first kappa shape index (κ1) is 22.0. The number of pyridine rings is 1. The van der Waals surface area contributed by atoms with Crippen LogP contribution < -0.4 is 20.4 Å². The van der Waals surface area contributed by atoms with Crippen molar-refractivity contribution in [1.82, 2.24) is 30.2 Å². The highest BCUT2D eigenvalue weighted by Gasteiger charge is 2.12. The van der Waals surface area contributed by atoms with Gasteiger partial charge in [-0.3, -0.25) is 0 Å². The molecule has 3 aromatic heterocycles. The van der Waals surface area contributed by atoms with Gasteiger partial charge < -0.3 is 20.4 Å². The highest BCUT2D eigenvalue weighted by Crippen LogP contribution is 2.24. The quantitative estimate of drug-likeness (QED) is 0.434. The maximum Gasteiger partial charge on any atom is 0.227 e. The molecule has 5 rings (SSSR count). The lowest BCUT2D eigenvalue weighted by molar-refractivity contribution is 0.585. The second kappa shape index (κ2) is 9.96. The molecule has 2 N–H and O–H groups in total. The van der Waals surface area contributed by atoms with Crippen molar-refractivity contribution in [3.8, 4) is 11.3 Å². The van der Waals surface area contributed by atoms with Gasteiger partial charge in [-0.25, -0.2) is 24.9 Å². The summed E-state index contributed by atoms with van der Waals surface area (Å²) in [6.45, 7) is 9.89. The Morgan fingerprint density at radius 3 is 2.56 bits per heavy atom. The molecule has 1 fully saturated rings. The van der Waals surface area contributed by atoms with Crippen molar-refractivity contribution in [1.29, 1.82) is 0 Å². The minimum Gasteiger partial charge on any atom is -0.354 e. The van der Waals surface area contributed by atoms with Crippen molar-refractivity contribution < 1.29 is 0 Å². The van der Waals surface area contributed by atoms with Gasteiger partial charge in [0.1, 0.15) is 5.82 Å². The number of aromatic nitrogens is 5. The molecular formula is C25H29N9. The van der Waals surface area contributed by atoms with Crippen molar-refractivity contribution in [2.24, 2.45) is 0 Å². The fraction of sp³-hybridized carbons (Fsp3) is 0.320. The summed E-state index contributed by atoms with van der Waals surface area (Å²) in [6, 6.07) is 12.1. The minimum atomic E-state index is 0.530. The molecule has 4 aromatic rings. The third kappa shape index (κ3) is 4.74. The van der Waals surface area contributed by atoms with Crippen LogP contribution in [0.25, 0.3) is 22.2 Å². The van der Waals surface area contributed by atoms with Crippen LogP contribution in [-0.2, 0) is 0 Å². The molecule has 1 aliphatic heterocycles. The van der Waals surface area contributed by atoms with E-state index in [0.29, 0.717) is 5.95 Å². The van der Waals surface area contributed by atoms with Crippen LogP contribution in [0.4, 0.5) is 23.4 Å². The normalized spacial score (nSPS) is 13.8. The minimum absolute atomic E-state index is 0.530. The number of nitrogens with zero attached hydrogens (tertiary/aromatic N) is 7. The predicted molar refractivity (Wildman–Crippen MR) is 137 cm³/mol. The standard InChI is InChI=1S/C25H29N9/c1-3-33(4-2)25-29-16-19-15-18(5-7-21(19)32-25)22-9-10-27-24(31-22)30-20-6-8-23(28-17-20)34-13-11-26-12-14-34/h5-10,15-17,26H,3-4,11-14H2,1-2H3,(H,27,30,31). The topological polar surface area (TPSA) is 95.0 Å². The lowest BCUT2D eigenvalue weighted by Crippen LogP contribution is -2.43. The van der Waals surface area contributed by atoms with E-state index in [1.54, 1.807) is 6.20 Å². The predicted octanol–water partition coefficient (Wildman–Crippen LogP) is 3.48. The van der Waals surface area contributed by atoms with E-state index in [1.165, 1.54) is 0 Å². The Bertz CT molecular complexity index is 1250. The molecule has 4 heterocycles. The van der Waals surface area contributed by atoms with Gasteiger partial charge in [-0.15, -0.1) is 0 Å². The Morgan fingerprint density at radius 1 is 0.941 bits per heavy atom. The lowest BCUT2D eigenvalue weighted by atomic mass is 10.1. The number of piperazine rings is 1. The van der Waals surface area contributed by atoms with Crippen LogP contribution in [0, 0.1) is 0 Å². The molecule has 0 spiro atoms. The molecule has 1 saturated heterocycles. The third-order valence-corrected chi connectivity index (χ3v) is 6.01. The molecule has 0 unspecified atom stereocenters. The fourth-order valence-electron chi connectivity index (χ4n) is 4.09. The van der Waals surface area contributed by atoms with Crippen molar-refractivity contribution in [2.45, 2.75) is 13.8 Å². The molecule has 1 aromatic carbocycles. The molecule has 174 valence electrons. The highest BCUT2D eigenvalue weighted by atomic mass is 15.2. The van der Waals surface area contributed by atoms with E-state index in [9.17, 15) is 0 Å². The van der Waals surface area contributed by atoms with E-state index in [-0.39, 0.29) is 0 Å². The second-order valence-electron chi connectivity index (χ2n) is 8.15. The Morgan fingerprint density at radius 2 is 1.79 bits per heavy atom. The number of anilines is 4. The van der Waals surface area contributed by atoms with Crippen molar-refractivity contribution in [3.05, 3.63) is 55.0 Å². The third-order valence-electron chi connectivity index (χ3n) is 6.01. The Kier molecular flexibility index (Phi) is 6.44. The largest absolute Gasteiger partial charge is 0.354 e. The van der Waals surface area contributed by atoms with Gasteiger partial charge in [0, 0.05) is 62.6 Å².